The Labute approximate surface area is 119 Å². The molecule has 17 heavy (non-hydrogen) atoms. The molecule has 2 aromatic rings. The molecule has 1 atom stereocenters. The van der Waals surface area contributed by atoms with Crippen LogP contribution in [-0.2, 0) is 6.42 Å². The SMILES string of the molecule is OC(Cc1ccncc1Cl)c1ccccc1I. The van der Waals surface area contributed by atoms with E-state index in [2.05, 4.69) is 27.6 Å². The summed E-state index contributed by atoms with van der Waals surface area (Å²) in [5, 5.41) is 10.8. The van der Waals surface area contributed by atoms with Crippen LogP contribution in [-0.4, -0.2) is 10.1 Å². The Morgan fingerprint density at radius 1 is 1.29 bits per heavy atom. The lowest BCUT2D eigenvalue weighted by Gasteiger charge is -2.13. The molecule has 0 aliphatic carbocycles. The molecule has 1 N–H and O–H groups in total. The Balaban J connectivity index is 2.20. The van der Waals surface area contributed by atoms with E-state index in [9.17, 15) is 5.11 Å². The van der Waals surface area contributed by atoms with E-state index in [1.54, 1.807) is 12.4 Å². The number of aliphatic hydroxyl groups is 1. The highest BCUT2D eigenvalue weighted by Crippen LogP contribution is 2.25. The number of pyridine rings is 1. The van der Waals surface area contributed by atoms with Gasteiger partial charge >= 0.3 is 0 Å². The third-order valence-corrected chi connectivity index (χ3v) is 3.86. The van der Waals surface area contributed by atoms with Gasteiger partial charge in [-0.2, -0.15) is 0 Å². The normalized spacial score (nSPS) is 12.4. The molecule has 0 aliphatic heterocycles. The highest BCUT2D eigenvalue weighted by molar-refractivity contribution is 14.1. The third-order valence-electron chi connectivity index (χ3n) is 2.53. The first-order valence-electron chi connectivity index (χ1n) is 5.19. The summed E-state index contributed by atoms with van der Waals surface area (Å²) in [5.74, 6) is 0. The third kappa shape index (κ3) is 3.18. The molecule has 0 saturated heterocycles. The topological polar surface area (TPSA) is 33.1 Å². The van der Waals surface area contributed by atoms with Crippen LogP contribution >= 0.6 is 34.2 Å². The van der Waals surface area contributed by atoms with Gasteiger partial charge in [0.2, 0.25) is 0 Å². The fourth-order valence-corrected chi connectivity index (χ4v) is 2.58. The molecule has 0 bridgehead atoms. The second kappa shape index (κ2) is 5.80. The van der Waals surface area contributed by atoms with Gasteiger partial charge in [0.1, 0.15) is 0 Å². The molecule has 1 aromatic heterocycles. The molecular weight excluding hydrogens is 349 g/mol. The summed E-state index contributed by atoms with van der Waals surface area (Å²) in [5.41, 5.74) is 1.84. The van der Waals surface area contributed by atoms with Gasteiger partial charge in [-0.25, -0.2) is 0 Å². The fraction of sp³-hybridized carbons (Fsp3) is 0.154. The van der Waals surface area contributed by atoms with Crippen molar-refractivity contribution in [3.63, 3.8) is 0 Å². The number of aliphatic hydroxyl groups excluding tert-OH is 1. The van der Waals surface area contributed by atoms with Crippen molar-refractivity contribution in [2.75, 3.05) is 0 Å². The van der Waals surface area contributed by atoms with Crippen LogP contribution < -0.4 is 0 Å². The van der Waals surface area contributed by atoms with Crippen LogP contribution in [0.4, 0.5) is 0 Å². The average molecular weight is 360 g/mol. The number of halogens is 2. The van der Waals surface area contributed by atoms with E-state index < -0.39 is 6.10 Å². The first kappa shape index (κ1) is 12.8. The van der Waals surface area contributed by atoms with Gasteiger partial charge in [0.05, 0.1) is 11.1 Å². The zero-order valence-electron chi connectivity index (χ0n) is 8.98. The fourth-order valence-electron chi connectivity index (χ4n) is 1.63. The summed E-state index contributed by atoms with van der Waals surface area (Å²) < 4.78 is 1.06. The second-order valence-electron chi connectivity index (χ2n) is 3.71. The van der Waals surface area contributed by atoms with E-state index in [0.717, 1.165) is 14.7 Å². The summed E-state index contributed by atoms with van der Waals surface area (Å²) >= 11 is 8.24. The molecule has 1 heterocycles. The molecule has 0 amide bonds. The molecule has 2 nitrogen and oxygen atoms in total. The summed E-state index contributed by atoms with van der Waals surface area (Å²) in [6.45, 7) is 0. The summed E-state index contributed by atoms with van der Waals surface area (Å²) in [6, 6.07) is 9.63. The lowest BCUT2D eigenvalue weighted by molar-refractivity contribution is 0.177. The molecule has 0 radical (unpaired) electrons. The Hall–Kier alpha value is -0.650. The monoisotopic (exact) mass is 359 g/mol. The van der Waals surface area contributed by atoms with Crippen LogP contribution in [0.1, 0.15) is 17.2 Å². The summed E-state index contributed by atoms with van der Waals surface area (Å²) in [7, 11) is 0. The van der Waals surface area contributed by atoms with E-state index in [1.165, 1.54) is 0 Å². The van der Waals surface area contributed by atoms with Crippen LogP contribution in [0.15, 0.2) is 42.7 Å². The van der Waals surface area contributed by atoms with Crippen LogP contribution in [0, 0.1) is 3.57 Å². The molecule has 0 saturated carbocycles. The van der Waals surface area contributed by atoms with Gasteiger partial charge in [-0.1, -0.05) is 29.8 Å². The van der Waals surface area contributed by atoms with Crippen molar-refractivity contribution < 1.29 is 5.11 Å². The minimum Gasteiger partial charge on any atom is -0.388 e. The van der Waals surface area contributed by atoms with Crippen LogP contribution in [0.25, 0.3) is 0 Å². The molecule has 0 aliphatic rings. The van der Waals surface area contributed by atoms with Gasteiger partial charge in [-0.15, -0.1) is 0 Å². The minimum atomic E-state index is -0.539. The quantitative estimate of drug-likeness (QED) is 0.849. The molecule has 4 heteroatoms. The van der Waals surface area contributed by atoms with Gasteiger partial charge < -0.3 is 5.11 Å². The van der Waals surface area contributed by atoms with Crippen LogP contribution in [0.2, 0.25) is 5.02 Å². The highest BCUT2D eigenvalue weighted by Gasteiger charge is 2.13. The van der Waals surface area contributed by atoms with Crippen molar-refractivity contribution in [1.82, 2.24) is 4.98 Å². The molecule has 2 rings (SSSR count). The summed E-state index contributed by atoms with van der Waals surface area (Å²) in [6.07, 6.45) is 3.24. The first-order valence-corrected chi connectivity index (χ1v) is 6.65. The number of aromatic nitrogens is 1. The Bertz CT molecular complexity index is 518. The lowest BCUT2D eigenvalue weighted by Crippen LogP contribution is -2.04. The van der Waals surface area contributed by atoms with Gasteiger partial charge in [0.25, 0.3) is 0 Å². The Morgan fingerprint density at radius 3 is 2.76 bits per heavy atom. The first-order chi connectivity index (χ1) is 8.18. The van der Waals surface area contributed by atoms with Gasteiger partial charge in [-0.3, -0.25) is 4.98 Å². The highest BCUT2D eigenvalue weighted by atomic mass is 127. The average Bonchev–Trinajstić information content (AvgIpc) is 2.32. The van der Waals surface area contributed by atoms with E-state index >= 15 is 0 Å². The smallest absolute Gasteiger partial charge is 0.0841 e. The van der Waals surface area contributed by atoms with Crippen molar-refractivity contribution in [3.05, 3.63) is 62.4 Å². The number of nitrogens with zero attached hydrogens (tertiary/aromatic N) is 1. The van der Waals surface area contributed by atoms with Crippen molar-refractivity contribution in [3.8, 4) is 0 Å². The van der Waals surface area contributed by atoms with Gasteiger partial charge in [0.15, 0.2) is 0 Å². The standard InChI is InChI=1S/C13H11ClINO/c14-11-8-16-6-5-9(11)7-13(17)10-3-1-2-4-12(10)15/h1-6,8,13,17H,7H2. The van der Waals surface area contributed by atoms with Gasteiger partial charge in [0, 0.05) is 22.4 Å². The molecular formula is C13H11ClINO. The second-order valence-corrected chi connectivity index (χ2v) is 5.28. The number of hydrogen-bond acceptors (Lipinski definition) is 2. The predicted octanol–water partition coefficient (Wildman–Crippen LogP) is 3.62. The van der Waals surface area contributed by atoms with E-state index in [-0.39, 0.29) is 0 Å². The zero-order chi connectivity index (χ0) is 12.3. The van der Waals surface area contributed by atoms with Crippen LogP contribution in [0.5, 0.6) is 0 Å². The molecule has 1 unspecified atom stereocenters. The Kier molecular flexibility index (Phi) is 4.36. The zero-order valence-corrected chi connectivity index (χ0v) is 11.9. The van der Waals surface area contributed by atoms with Crippen molar-refractivity contribution in [1.29, 1.82) is 0 Å². The lowest BCUT2D eigenvalue weighted by atomic mass is 10.0. The Morgan fingerprint density at radius 2 is 2.06 bits per heavy atom. The van der Waals surface area contributed by atoms with Crippen LogP contribution in [0.3, 0.4) is 0 Å². The van der Waals surface area contributed by atoms with Crippen molar-refractivity contribution in [2.45, 2.75) is 12.5 Å². The predicted molar refractivity (Wildman–Crippen MR) is 77.1 cm³/mol. The number of rotatable bonds is 3. The van der Waals surface area contributed by atoms with E-state index in [1.807, 2.05) is 30.3 Å². The van der Waals surface area contributed by atoms with Gasteiger partial charge in [-0.05, 0) is 45.9 Å². The molecule has 0 spiro atoms. The van der Waals surface area contributed by atoms with E-state index in [4.69, 9.17) is 11.6 Å². The molecule has 88 valence electrons. The van der Waals surface area contributed by atoms with Crippen molar-refractivity contribution in [2.24, 2.45) is 0 Å². The minimum absolute atomic E-state index is 0.501. The maximum atomic E-state index is 10.2. The maximum absolute atomic E-state index is 10.2. The largest absolute Gasteiger partial charge is 0.388 e. The number of hydrogen-bond donors (Lipinski definition) is 1. The number of benzene rings is 1. The summed E-state index contributed by atoms with van der Waals surface area (Å²) in [4.78, 5) is 3.93. The molecule has 1 aromatic carbocycles. The van der Waals surface area contributed by atoms with Crippen molar-refractivity contribution >= 4 is 34.2 Å². The molecule has 0 fully saturated rings. The van der Waals surface area contributed by atoms with E-state index in [0.29, 0.717) is 11.4 Å². The maximum Gasteiger partial charge on any atom is 0.0841 e.